The molecule has 4 nitrogen and oxygen atoms in total. The number of rotatable bonds is 0. The van der Waals surface area contributed by atoms with Gasteiger partial charge in [0.1, 0.15) is 24.3 Å². The van der Waals surface area contributed by atoms with Crippen molar-refractivity contribution >= 4 is 0 Å². The Morgan fingerprint density at radius 3 is 0.900 bits per heavy atom. The molecule has 4 heteroatoms. The summed E-state index contributed by atoms with van der Waals surface area (Å²) in [6.07, 6.45) is 0. The molecule has 0 unspecified atom stereocenters. The van der Waals surface area contributed by atoms with Crippen LogP contribution in [0.1, 0.15) is 0 Å². The van der Waals surface area contributed by atoms with Crippen molar-refractivity contribution in [2.24, 2.45) is 0 Å². The lowest BCUT2D eigenvalue weighted by molar-refractivity contribution is 1.41. The van der Waals surface area contributed by atoms with Gasteiger partial charge in [0, 0.05) is 0 Å². The largest absolute Gasteiger partial charge is 0.192 e. The second-order valence-corrected chi connectivity index (χ2v) is 1.20. The Morgan fingerprint density at radius 2 is 0.800 bits per heavy atom. The van der Waals surface area contributed by atoms with Crippen molar-refractivity contribution in [3.05, 3.63) is 11.1 Å². The molecule has 0 aromatic carbocycles. The summed E-state index contributed by atoms with van der Waals surface area (Å²) in [4.78, 5) is 0. The Kier molecular flexibility index (Phi) is 2.83. The van der Waals surface area contributed by atoms with Crippen LogP contribution in [-0.4, -0.2) is 0 Å². The van der Waals surface area contributed by atoms with E-state index in [1.165, 1.54) is 24.3 Å². The van der Waals surface area contributed by atoms with Crippen molar-refractivity contribution in [3.63, 3.8) is 0 Å². The van der Waals surface area contributed by atoms with E-state index >= 15 is 0 Å². The smallest absolute Gasteiger partial charge is 0.158 e. The van der Waals surface area contributed by atoms with Gasteiger partial charge in [0.2, 0.25) is 0 Å². The topological polar surface area (TPSA) is 95.2 Å². The van der Waals surface area contributed by atoms with Crippen LogP contribution in [0.15, 0.2) is 11.1 Å². The van der Waals surface area contributed by atoms with Crippen molar-refractivity contribution in [1.29, 1.82) is 21.0 Å². The van der Waals surface area contributed by atoms with Crippen LogP contribution in [0.25, 0.3) is 0 Å². The molecule has 0 fully saturated rings. The zero-order valence-electron chi connectivity index (χ0n) is 4.79. The Labute approximate surface area is 57.4 Å². The highest BCUT2D eigenvalue weighted by Crippen LogP contribution is 1.98. The molecule has 0 radical (unpaired) electrons. The molecular formula is C6N4. The minimum absolute atomic E-state index is 0.440. The normalized spacial score (nSPS) is 5.60. The monoisotopic (exact) mass is 132 g/mol. The van der Waals surface area contributed by atoms with E-state index in [1.807, 2.05) is 0 Å². The Hall–Kier alpha value is -2.30. The number of nitrogens with zero attached hydrogens (tertiary/aromatic N) is 4. The highest BCUT2D eigenvalue weighted by atomic mass is 14.6. The summed E-state index contributed by atoms with van der Waals surface area (Å²) in [6.45, 7) is 0. The first-order valence-corrected chi connectivity index (χ1v) is 2.14. The van der Waals surface area contributed by atoms with E-state index in [0.29, 0.717) is 0 Å². The lowest BCUT2D eigenvalue weighted by atomic mass is 10.5. The zero-order valence-corrected chi connectivity index (χ0v) is 4.79. The minimum Gasteiger partial charge on any atom is -0.192 e. The van der Waals surface area contributed by atoms with E-state index in [9.17, 15) is 0 Å². The average molecular weight is 132 g/mol. The quantitative estimate of drug-likeness (QED) is 0.351. The fraction of sp³-hybridized carbons (Fsp3) is 0. The van der Waals surface area contributed by atoms with Crippen molar-refractivity contribution in [2.75, 3.05) is 0 Å². The molecule has 0 aliphatic rings. The predicted molar refractivity (Wildman–Crippen MR) is 29.5 cm³/mol. The summed E-state index contributed by atoms with van der Waals surface area (Å²) in [6, 6.07) is 5.71. The molecule has 0 atom stereocenters. The SMILES string of the molecule is N#[13C]C([13C]#N)=C([13C]#N)[13C]#N. The molecule has 44 valence electrons. The number of allylic oxidation sites excluding steroid dienone is 2. The van der Waals surface area contributed by atoms with E-state index < -0.39 is 11.1 Å². The number of hydrogen-bond donors (Lipinski definition) is 0. The van der Waals surface area contributed by atoms with Gasteiger partial charge in [0.15, 0.2) is 11.1 Å². The second kappa shape index (κ2) is 3.67. The van der Waals surface area contributed by atoms with Gasteiger partial charge in [-0.05, 0) is 0 Å². The summed E-state index contributed by atoms with van der Waals surface area (Å²) in [5.41, 5.74) is -0.880. The first kappa shape index (κ1) is 7.70. The highest BCUT2D eigenvalue weighted by Gasteiger charge is 2.01. The number of hydrogen-bond acceptors (Lipinski definition) is 4. The number of nitriles is 4. The van der Waals surface area contributed by atoms with Crippen LogP contribution < -0.4 is 0 Å². The molecule has 0 bridgehead atoms. The maximum atomic E-state index is 8.13. The molecule has 0 rings (SSSR count). The highest BCUT2D eigenvalue weighted by molar-refractivity contribution is 5.52. The minimum atomic E-state index is -0.440. The van der Waals surface area contributed by atoms with Gasteiger partial charge in [-0.1, -0.05) is 0 Å². The third kappa shape index (κ3) is 1.34. The molecule has 0 spiro atoms. The maximum absolute atomic E-state index is 8.13. The summed E-state index contributed by atoms with van der Waals surface area (Å²) in [7, 11) is 0. The van der Waals surface area contributed by atoms with E-state index in [1.54, 1.807) is 0 Å². The molecule has 0 saturated carbocycles. The lowest BCUT2D eigenvalue weighted by Gasteiger charge is -1.76. The lowest BCUT2D eigenvalue weighted by Crippen LogP contribution is -1.79. The summed E-state index contributed by atoms with van der Waals surface area (Å²) in [5.74, 6) is 0. The van der Waals surface area contributed by atoms with E-state index in [-0.39, 0.29) is 0 Å². The first-order chi connectivity index (χ1) is 4.79. The fourth-order valence-electron chi connectivity index (χ4n) is 0.274. The van der Waals surface area contributed by atoms with Crippen LogP contribution in [0.2, 0.25) is 0 Å². The van der Waals surface area contributed by atoms with Gasteiger partial charge in [-0.25, -0.2) is 0 Å². The molecule has 0 aromatic heterocycles. The molecular weight excluding hydrogens is 132 g/mol. The molecule has 0 N–H and O–H groups in total. The third-order valence-electron chi connectivity index (χ3n) is 0.697. The molecule has 0 heterocycles. The summed E-state index contributed by atoms with van der Waals surface area (Å²) in [5, 5.41) is 32.5. The van der Waals surface area contributed by atoms with Gasteiger partial charge in [-0.3, -0.25) is 0 Å². The Bertz CT molecular complexity index is 257. The van der Waals surface area contributed by atoms with Gasteiger partial charge in [-0.2, -0.15) is 21.0 Å². The van der Waals surface area contributed by atoms with Crippen LogP contribution in [0.4, 0.5) is 0 Å². The molecule has 0 amide bonds. The van der Waals surface area contributed by atoms with Crippen molar-refractivity contribution in [3.8, 4) is 24.3 Å². The Morgan fingerprint density at radius 1 is 0.600 bits per heavy atom. The van der Waals surface area contributed by atoms with Crippen LogP contribution >= 0.6 is 0 Å². The average Bonchev–Trinajstić information content (AvgIpc) is 2.00. The van der Waals surface area contributed by atoms with Gasteiger partial charge in [-0.15, -0.1) is 0 Å². The van der Waals surface area contributed by atoms with Gasteiger partial charge >= 0.3 is 0 Å². The third-order valence-corrected chi connectivity index (χ3v) is 0.697. The molecule has 0 saturated heterocycles. The van der Waals surface area contributed by atoms with Crippen LogP contribution in [0.5, 0.6) is 0 Å². The molecule has 0 aliphatic carbocycles. The van der Waals surface area contributed by atoms with Crippen molar-refractivity contribution < 1.29 is 0 Å². The summed E-state index contributed by atoms with van der Waals surface area (Å²) < 4.78 is 0. The van der Waals surface area contributed by atoms with Crippen LogP contribution in [-0.2, 0) is 0 Å². The van der Waals surface area contributed by atoms with E-state index in [2.05, 4.69) is 0 Å². The first-order valence-electron chi connectivity index (χ1n) is 2.14. The molecule has 0 aromatic rings. The van der Waals surface area contributed by atoms with Crippen LogP contribution in [0.3, 0.4) is 0 Å². The van der Waals surface area contributed by atoms with Crippen LogP contribution in [0, 0.1) is 45.3 Å². The van der Waals surface area contributed by atoms with E-state index in [4.69, 9.17) is 21.0 Å². The fourth-order valence-corrected chi connectivity index (χ4v) is 0.274. The maximum Gasteiger partial charge on any atom is 0.158 e. The predicted octanol–water partition coefficient (Wildman–Crippen LogP) is 0.377. The second-order valence-electron chi connectivity index (χ2n) is 1.20. The van der Waals surface area contributed by atoms with Crippen molar-refractivity contribution in [1.82, 2.24) is 0 Å². The molecule has 10 heavy (non-hydrogen) atoms. The van der Waals surface area contributed by atoms with Gasteiger partial charge in [0.05, 0.1) is 0 Å². The molecule has 0 aliphatic heterocycles. The van der Waals surface area contributed by atoms with Crippen molar-refractivity contribution in [2.45, 2.75) is 0 Å². The van der Waals surface area contributed by atoms with Gasteiger partial charge < -0.3 is 0 Å². The van der Waals surface area contributed by atoms with E-state index in [0.717, 1.165) is 0 Å². The summed E-state index contributed by atoms with van der Waals surface area (Å²) >= 11 is 0. The standard InChI is InChI=1S/C6N4/c7-1-5(2-8)6(3-9)4-10/i1+1,2+1,3+1,4+1. The zero-order chi connectivity index (χ0) is 7.98. The Balaban J connectivity index is 5.12. The van der Waals surface area contributed by atoms with Gasteiger partial charge in [0.25, 0.3) is 0 Å².